The van der Waals surface area contributed by atoms with Crippen LogP contribution in [0.2, 0.25) is 0 Å². The first-order valence-corrected chi connectivity index (χ1v) is 5.49. The molecule has 0 saturated carbocycles. The normalized spacial score (nSPS) is 23.1. The van der Waals surface area contributed by atoms with E-state index in [9.17, 15) is 14.9 Å². The number of nitrogens with zero attached hydrogens (tertiary/aromatic N) is 1. The lowest BCUT2D eigenvalue weighted by Gasteiger charge is -2.12. The summed E-state index contributed by atoms with van der Waals surface area (Å²) in [6.07, 6.45) is 0.154. The summed E-state index contributed by atoms with van der Waals surface area (Å²) in [7, 11) is 0. The van der Waals surface area contributed by atoms with Crippen LogP contribution in [0.25, 0.3) is 0 Å². The molecule has 0 fully saturated rings. The molecule has 1 aliphatic heterocycles. The van der Waals surface area contributed by atoms with E-state index in [0.717, 1.165) is 5.56 Å². The molecule has 6 heteroatoms. The molecular weight excluding hydrogens is 238 g/mol. The second-order valence-corrected chi connectivity index (χ2v) is 4.27. The van der Waals surface area contributed by atoms with Gasteiger partial charge in [-0.1, -0.05) is 0 Å². The zero-order chi connectivity index (χ0) is 13.4. The zero-order valence-electron chi connectivity index (χ0n) is 10.3. The van der Waals surface area contributed by atoms with Gasteiger partial charge in [-0.05, 0) is 32.4 Å². The number of nitro groups is 1. The van der Waals surface area contributed by atoms with Gasteiger partial charge in [-0.15, -0.1) is 0 Å². The number of aryl methyl sites for hydroxylation is 1. The highest BCUT2D eigenvalue weighted by molar-refractivity contribution is 5.95. The van der Waals surface area contributed by atoms with Crippen LogP contribution in [-0.4, -0.2) is 16.9 Å². The van der Waals surface area contributed by atoms with Gasteiger partial charge < -0.3 is 9.15 Å². The van der Waals surface area contributed by atoms with E-state index in [1.807, 2.05) is 0 Å². The summed E-state index contributed by atoms with van der Waals surface area (Å²) in [5.74, 6) is -0.297. The fourth-order valence-corrected chi connectivity index (χ4v) is 2.27. The van der Waals surface area contributed by atoms with E-state index in [1.54, 1.807) is 19.9 Å². The molecule has 0 aliphatic carbocycles. The van der Waals surface area contributed by atoms with Crippen molar-refractivity contribution in [2.24, 2.45) is 0 Å². The fourth-order valence-electron chi connectivity index (χ4n) is 2.27. The van der Waals surface area contributed by atoms with Gasteiger partial charge >= 0.3 is 6.23 Å². The fraction of sp³-hybridized carbons (Fsp3) is 0.417. The highest BCUT2D eigenvalue weighted by atomic mass is 16.7. The number of carbonyl (C=O) groups is 1. The molecule has 2 atom stereocenters. The molecule has 0 spiro atoms. The lowest BCUT2D eigenvalue weighted by molar-refractivity contribution is -0.570. The second kappa shape index (κ2) is 4.29. The van der Waals surface area contributed by atoms with Crippen molar-refractivity contribution < 1.29 is 18.9 Å². The molecule has 0 bridgehead atoms. The first-order valence-electron chi connectivity index (χ1n) is 5.49. The molecule has 1 aromatic rings. The van der Waals surface area contributed by atoms with E-state index in [-0.39, 0.29) is 5.78 Å². The Balaban J connectivity index is 2.53. The van der Waals surface area contributed by atoms with Crippen LogP contribution >= 0.6 is 0 Å². The van der Waals surface area contributed by atoms with E-state index >= 15 is 0 Å². The Kier molecular flexibility index (Phi) is 2.94. The first-order chi connectivity index (χ1) is 8.43. The third kappa shape index (κ3) is 1.79. The third-order valence-corrected chi connectivity index (χ3v) is 3.04. The summed E-state index contributed by atoms with van der Waals surface area (Å²) in [5.41, 5.74) is 1.08. The van der Waals surface area contributed by atoms with Crippen LogP contribution in [0.1, 0.15) is 31.1 Å². The van der Waals surface area contributed by atoms with Gasteiger partial charge in [0.25, 0.3) is 0 Å². The Morgan fingerprint density at radius 1 is 1.44 bits per heavy atom. The summed E-state index contributed by atoms with van der Waals surface area (Å²) in [4.78, 5) is 22.1. The summed E-state index contributed by atoms with van der Waals surface area (Å²) in [6, 6.07) is 1.71. The number of ketones is 1. The molecule has 1 aromatic heterocycles. The Morgan fingerprint density at radius 3 is 2.56 bits per heavy atom. The molecule has 96 valence electrons. The predicted molar refractivity (Wildman–Crippen MR) is 61.4 cm³/mol. The van der Waals surface area contributed by atoms with Crippen molar-refractivity contribution in [2.45, 2.75) is 32.9 Å². The van der Waals surface area contributed by atoms with E-state index < -0.39 is 17.1 Å². The van der Waals surface area contributed by atoms with Crippen molar-refractivity contribution in [2.75, 3.05) is 0 Å². The standard InChI is InChI=1S/C12H13NO5/c1-6-4-5-17-11(6)10-9(7(2)14)8(3)18-12(10)13(15)16/h4-5,10,12H,1-3H3. The number of hydrogen-bond donors (Lipinski definition) is 0. The average molecular weight is 251 g/mol. The van der Waals surface area contributed by atoms with Gasteiger partial charge in [-0.3, -0.25) is 14.9 Å². The van der Waals surface area contributed by atoms with Crippen molar-refractivity contribution in [1.29, 1.82) is 0 Å². The molecule has 1 aliphatic rings. The van der Waals surface area contributed by atoms with Crippen molar-refractivity contribution in [3.63, 3.8) is 0 Å². The number of ether oxygens (including phenoxy) is 1. The maximum Gasteiger partial charge on any atom is 0.367 e. The predicted octanol–water partition coefficient (Wildman–Crippen LogP) is 2.17. The van der Waals surface area contributed by atoms with Crippen molar-refractivity contribution >= 4 is 5.78 Å². The molecule has 0 saturated heterocycles. The molecule has 6 nitrogen and oxygen atoms in total. The van der Waals surface area contributed by atoms with Gasteiger partial charge in [0.05, 0.1) is 16.8 Å². The van der Waals surface area contributed by atoms with Crippen molar-refractivity contribution in [3.05, 3.63) is 45.1 Å². The van der Waals surface area contributed by atoms with E-state index in [0.29, 0.717) is 17.1 Å². The minimum Gasteiger partial charge on any atom is -0.468 e. The molecular formula is C12H13NO5. The third-order valence-electron chi connectivity index (χ3n) is 3.04. The van der Waals surface area contributed by atoms with Crippen LogP contribution in [0.5, 0.6) is 0 Å². The maximum atomic E-state index is 11.6. The van der Waals surface area contributed by atoms with Crippen LogP contribution in [-0.2, 0) is 9.53 Å². The zero-order valence-corrected chi connectivity index (χ0v) is 10.3. The lowest BCUT2D eigenvalue weighted by atomic mass is 9.91. The molecule has 2 rings (SSSR count). The topological polar surface area (TPSA) is 82.6 Å². The quantitative estimate of drug-likeness (QED) is 0.607. The number of hydrogen-bond acceptors (Lipinski definition) is 5. The molecule has 0 aromatic carbocycles. The number of Topliss-reactive ketones (excluding diaryl/α,β-unsaturated/α-hetero) is 1. The SMILES string of the molecule is CC(=O)C1=C(C)OC([N+](=O)[O-])C1c1occc1C. The molecule has 18 heavy (non-hydrogen) atoms. The smallest absolute Gasteiger partial charge is 0.367 e. The van der Waals surface area contributed by atoms with Gasteiger partial charge in [-0.2, -0.15) is 0 Å². The summed E-state index contributed by atoms with van der Waals surface area (Å²) in [6.45, 7) is 4.71. The lowest BCUT2D eigenvalue weighted by Crippen LogP contribution is -2.27. The number of furan rings is 1. The minimum absolute atomic E-state index is 0.238. The van der Waals surface area contributed by atoms with Gasteiger partial charge in [0.1, 0.15) is 11.5 Å². The van der Waals surface area contributed by atoms with Gasteiger partial charge in [0.15, 0.2) is 11.7 Å². The van der Waals surface area contributed by atoms with Crippen molar-refractivity contribution in [3.8, 4) is 0 Å². The summed E-state index contributed by atoms with van der Waals surface area (Å²) >= 11 is 0. The van der Waals surface area contributed by atoms with E-state index in [1.165, 1.54) is 13.2 Å². The van der Waals surface area contributed by atoms with Gasteiger partial charge in [-0.25, -0.2) is 0 Å². The highest BCUT2D eigenvalue weighted by Gasteiger charge is 2.48. The first kappa shape index (κ1) is 12.3. The Hall–Kier alpha value is -2.11. The number of rotatable bonds is 3. The van der Waals surface area contributed by atoms with Crippen molar-refractivity contribution in [1.82, 2.24) is 0 Å². The molecule has 0 N–H and O–H groups in total. The Morgan fingerprint density at radius 2 is 2.11 bits per heavy atom. The average Bonchev–Trinajstić information content (AvgIpc) is 2.81. The van der Waals surface area contributed by atoms with Crippen LogP contribution in [0.15, 0.2) is 28.1 Å². The second-order valence-electron chi connectivity index (χ2n) is 4.27. The van der Waals surface area contributed by atoms with E-state index in [2.05, 4.69) is 0 Å². The highest BCUT2D eigenvalue weighted by Crippen LogP contribution is 2.41. The molecule has 2 unspecified atom stereocenters. The van der Waals surface area contributed by atoms with Crippen LogP contribution in [0.4, 0.5) is 0 Å². The van der Waals surface area contributed by atoms with E-state index in [4.69, 9.17) is 9.15 Å². The number of carbonyl (C=O) groups excluding carboxylic acids is 1. The largest absolute Gasteiger partial charge is 0.468 e. The summed E-state index contributed by atoms with van der Waals surface area (Å²) in [5, 5.41) is 11.0. The van der Waals surface area contributed by atoms with Gasteiger partial charge in [0, 0.05) is 0 Å². The van der Waals surface area contributed by atoms with Crippen LogP contribution in [0, 0.1) is 17.0 Å². The maximum absolute atomic E-state index is 11.6. The number of allylic oxidation sites excluding steroid dienone is 1. The Labute approximate surface area is 103 Å². The minimum atomic E-state index is -1.30. The van der Waals surface area contributed by atoms with Crippen LogP contribution < -0.4 is 0 Å². The molecule has 0 radical (unpaired) electrons. The summed E-state index contributed by atoms with van der Waals surface area (Å²) < 4.78 is 10.5. The van der Waals surface area contributed by atoms with Crippen LogP contribution in [0.3, 0.4) is 0 Å². The molecule has 2 heterocycles. The van der Waals surface area contributed by atoms with Gasteiger partial charge in [0.2, 0.25) is 0 Å². The molecule has 0 amide bonds. The Bertz CT molecular complexity index is 542. The monoisotopic (exact) mass is 251 g/mol.